The van der Waals surface area contributed by atoms with E-state index in [-0.39, 0.29) is 0 Å². The summed E-state index contributed by atoms with van der Waals surface area (Å²) in [6.07, 6.45) is 4.39. The first-order chi connectivity index (χ1) is 15.3. The van der Waals surface area contributed by atoms with Gasteiger partial charge in [0.2, 0.25) is 0 Å². The average Bonchev–Trinajstić information content (AvgIpc) is 3.51. The Bertz CT molecular complexity index is 1160. The van der Waals surface area contributed by atoms with Gasteiger partial charge in [-0.15, -0.1) is 10.2 Å². The van der Waals surface area contributed by atoms with Crippen LogP contribution in [0.3, 0.4) is 0 Å². The highest BCUT2D eigenvalue weighted by molar-refractivity contribution is 5.79. The number of hydrogen-bond donors (Lipinski definition) is 1. The molecule has 2 aromatic carbocycles. The average molecular weight is 414 g/mol. The van der Waals surface area contributed by atoms with Gasteiger partial charge in [-0.05, 0) is 55.3 Å². The first kappa shape index (κ1) is 19.6. The molecular weight excluding hydrogens is 386 g/mol. The Hall–Kier alpha value is -3.38. The molecule has 0 amide bonds. The molecule has 158 valence electrons. The Morgan fingerprint density at radius 3 is 2.58 bits per heavy atom. The van der Waals surface area contributed by atoms with E-state index in [4.69, 9.17) is 4.74 Å². The molecule has 0 radical (unpaired) electrons. The number of likely N-dealkylation sites (tertiary alicyclic amines) is 1. The minimum Gasteiger partial charge on any atom is -0.496 e. The summed E-state index contributed by atoms with van der Waals surface area (Å²) in [5, 5.41) is 12.0. The fraction of sp³-hybridized carbons (Fsp3) is 0.280. The highest BCUT2D eigenvalue weighted by atomic mass is 16.5. The normalized spacial score (nSPS) is 14.2. The summed E-state index contributed by atoms with van der Waals surface area (Å²) in [4.78, 5) is 2.52. The van der Waals surface area contributed by atoms with Crippen molar-refractivity contribution in [1.82, 2.24) is 19.5 Å². The molecule has 2 aromatic heterocycles. The summed E-state index contributed by atoms with van der Waals surface area (Å²) in [6.45, 7) is 4.12. The summed E-state index contributed by atoms with van der Waals surface area (Å²) in [5.74, 6) is 1.82. The summed E-state index contributed by atoms with van der Waals surface area (Å²) >= 11 is 0. The van der Waals surface area contributed by atoms with Crippen LogP contribution in [0.2, 0.25) is 0 Å². The molecule has 6 nitrogen and oxygen atoms in total. The number of anilines is 1. The fourth-order valence-corrected chi connectivity index (χ4v) is 4.30. The smallest absolute Gasteiger partial charge is 0.170 e. The second kappa shape index (κ2) is 8.78. The molecule has 1 saturated heterocycles. The van der Waals surface area contributed by atoms with E-state index in [1.54, 1.807) is 13.4 Å². The molecule has 1 aliphatic rings. The fourth-order valence-electron chi connectivity index (χ4n) is 4.30. The molecule has 0 spiro atoms. The van der Waals surface area contributed by atoms with Gasteiger partial charge in [-0.1, -0.05) is 42.5 Å². The van der Waals surface area contributed by atoms with E-state index < -0.39 is 0 Å². The zero-order chi connectivity index (χ0) is 21.0. The lowest BCUT2D eigenvalue weighted by molar-refractivity contribution is 0.331. The number of ether oxygens (including phenoxy) is 1. The van der Waals surface area contributed by atoms with Crippen molar-refractivity contribution in [2.45, 2.75) is 25.9 Å². The van der Waals surface area contributed by atoms with Crippen molar-refractivity contribution < 1.29 is 4.74 Å². The Labute approximate surface area is 182 Å². The third kappa shape index (κ3) is 4.11. The molecule has 0 unspecified atom stereocenters. The van der Waals surface area contributed by atoms with Gasteiger partial charge in [-0.2, -0.15) is 0 Å². The predicted octanol–water partition coefficient (Wildman–Crippen LogP) is 4.61. The number of fused-ring (bicyclic) bond motifs is 1. The van der Waals surface area contributed by atoms with E-state index in [0.29, 0.717) is 6.54 Å². The van der Waals surface area contributed by atoms with Gasteiger partial charge in [0.1, 0.15) is 17.9 Å². The number of aromatic nitrogens is 3. The summed E-state index contributed by atoms with van der Waals surface area (Å²) in [5.41, 5.74) is 5.53. The van der Waals surface area contributed by atoms with Crippen molar-refractivity contribution in [2.75, 3.05) is 25.5 Å². The van der Waals surface area contributed by atoms with Crippen molar-refractivity contribution in [3.05, 3.63) is 78.1 Å². The molecule has 0 atom stereocenters. The number of nitrogens with zero attached hydrogens (tertiary/aromatic N) is 4. The molecule has 31 heavy (non-hydrogen) atoms. The zero-order valence-electron chi connectivity index (χ0n) is 17.8. The minimum atomic E-state index is 0.655. The lowest BCUT2D eigenvalue weighted by Crippen LogP contribution is -2.18. The van der Waals surface area contributed by atoms with Crippen LogP contribution in [-0.2, 0) is 13.1 Å². The topological polar surface area (TPSA) is 54.7 Å². The SMILES string of the molecule is COc1ccccc1CNc1ccc(-c2ccc(CN3CCCC3)cc2)c2nncn12. The number of para-hydroxylation sites is 1. The van der Waals surface area contributed by atoms with E-state index in [1.165, 1.54) is 31.5 Å². The van der Waals surface area contributed by atoms with Crippen LogP contribution in [0.4, 0.5) is 5.82 Å². The molecule has 0 aliphatic carbocycles. The van der Waals surface area contributed by atoms with E-state index >= 15 is 0 Å². The van der Waals surface area contributed by atoms with Gasteiger partial charge in [0.15, 0.2) is 5.65 Å². The van der Waals surface area contributed by atoms with Crippen molar-refractivity contribution in [2.24, 2.45) is 0 Å². The van der Waals surface area contributed by atoms with Crippen LogP contribution in [0, 0.1) is 0 Å². The molecular formula is C25H27N5O. The third-order valence-electron chi connectivity index (χ3n) is 5.98. The first-order valence-corrected chi connectivity index (χ1v) is 10.8. The standard InChI is InChI=1S/C25H27N5O/c1-31-23-7-3-2-6-21(23)16-26-24-13-12-22(25-28-27-18-30(24)25)20-10-8-19(9-11-20)17-29-14-4-5-15-29/h2-3,6-13,18,26H,4-5,14-17H2,1H3. The Kier molecular flexibility index (Phi) is 5.54. The van der Waals surface area contributed by atoms with Crippen LogP contribution in [-0.4, -0.2) is 39.7 Å². The van der Waals surface area contributed by atoms with Gasteiger partial charge < -0.3 is 10.1 Å². The quantitative estimate of drug-likeness (QED) is 0.479. The number of rotatable bonds is 7. The minimum absolute atomic E-state index is 0.655. The van der Waals surface area contributed by atoms with Gasteiger partial charge in [0, 0.05) is 24.2 Å². The van der Waals surface area contributed by atoms with Crippen LogP contribution in [0.15, 0.2) is 67.0 Å². The number of nitrogens with one attached hydrogen (secondary N) is 1. The number of methoxy groups -OCH3 is 1. The largest absolute Gasteiger partial charge is 0.496 e. The van der Waals surface area contributed by atoms with E-state index in [9.17, 15) is 0 Å². The second-order valence-electron chi connectivity index (χ2n) is 8.00. The van der Waals surface area contributed by atoms with Gasteiger partial charge in [0.25, 0.3) is 0 Å². The number of benzene rings is 2. The second-order valence-corrected chi connectivity index (χ2v) is 8.00. The molecule has 3 heterocycles. The van der Waals surface area contributed by atoms with Crippen LogP contribution in [0.5, 0.6) is 5.75 Å². The molecule has 0 saturated carbocycles. The third-order valence-corrected chi connectivity index (χ3v) is 5.98. The van der Waals surface area contributed by atoms with Gasteiger partial charge in [-0.3, -0.25) is 9.30 Å². The highest BCUT2D eigenvalue weighted by Gasteiger charge is 2.13. The van der Waals surface area contributed by atoms with E-state index in [2.05, 4.69) is 62.9 Å². The molecule has 1 aliphatic heterocycles. The Balaban J connectivity index is 1.37. The van der Waals surface area contributed by atoms with E-state index in [0.717, 1.165) is 40.4 Å². The Morgan fingerprint density at radius 2 is 1.77 bits per heavy atom. The van der Waals surface area contributed by atoms with Crippen molar-refractivity contribution >= 4 is 11.5 Å². The number of pyridine rings is 1. The zero-order valence-corrected chi connectivity index (χ0v) is 17.8. The van der Waals surface area contributed by atoms with Crippen LogP contribution in [0.1, 0.15) is 24.0 Å². The maximum Gasteiger partial charge on any atom is 0.170 e. The molecule has 4 aromatic rings. The highest BCUT2D eigenvalue weighted by Crippen LogP contribution is 2.27. The maximum absolute atomic E-state index is 5.46. The molecule has 1 N–H and O–H groups in total. The maximum atomic E-state index is 5.46. The summed E-state index contributed by atoms with van der Waals surface area (Å²) in [7, 11) is 1.70. The van der Waals surface area contributed by atoms with Crippen LogP contribution >= 0.6 is 0 Å². The lowest BCUT2D eigenvalue weighted by Gasteiger charge is -2.15. The van der Waals surface area contributed by atoms with Crippen LogP contribution in [0.25, 0.3) is 16.8 Å². The summed E-state index contributed by atoms with van der Waals surface area (Å²) < 4.78 is 7.46. The number of hydrogen-bond acceptors (Lipinski definition) is 5. The lowest BCUT2D eigenvalue weighted by atomic mass is 10.0. The molecule has 5 rings (SSSR count). The molecule has 0 bridgehead atoms. The first-order valence-electron chi connectivity index (χ1n) is 10.8. The van der Waals surface area contributed by atoms with Gasteiger partial charge in [0.05, 0.1) is 7.11 Å². The van der Waals surface area contributed by atoms with E-state index in [1.807, 2.05) is 22.6 Å². The van der Waals surface area contributed by atoms with Gasteiger partial charge >= 0.3 is 0 Å². The predicted molar refractivity (Wildman–Crippen MR) is 123 cm³/mol. The molecule has 1 fully saturated rings. The Morgan fingerprint density at radius 1 is 0.968 bits per heavy atom. The summed E-state index contributed by atoms with van der Waals surface area (Å²) in [6, 6.07) is 21.1. The van der Waals surface area contributed by atoms with Crippen molar-refractivity contribution in [1.29, 1.82) is 0 Å². The van der Waals surface area contributed by atoms with Crippen molar-refractivity contribution in [3.63, 3.8) is 0 Å². The van der Waals surface area contributed by atoms with Crippen molar-refractivity contribution in [3.8, 4) is 16.9 Å². The van der Waals surface area contributed by atoms with Crippen LogP contribution < -0.4 is 10.1 Å². The van der Waals surface area contributed by atoms with Gasteiger partial charge in [-0.25, -0.2) is 0 Å². The molecule has 6 heteroatoms. The monoisotopic (exact) mass is 413 g/mol.